The van der Waals surface area contributed by atoms with Crippen LogP contribution >= 0.6 is 0 Å². The highest BCUT2D eigenvalue weighted by atomic mass is 16.5. The van der Waals surface area contributed by atoms with Crippen molar-refractivity contribution in [1.29, 1.82) is 0 Å². The summed E-state index contributed by atoms with van der Waals surface area (Å²) in [5, 5.41) is 2.25. The molecule has 0 atom stereocenters. The molecule has 0 saturated carbocycles. The van der Waals surface area contributed by atoms with Gasteiger partial charge in [-0.25, -0.2) is 4.98 Å². The topological polar surface area (TPSA) is 33.1 Å². The summed E-state index contributed by atoms with van der Waals surface area (Å²) in [6.07, 6.45) is 1.92. The van der Waals surface area contributed by atoms with E-state index in [0.29, 0.717) is 0 Å². The molecule has 5 heteroatoms. The first-order chi connectivity index (χ1) is 24.9. The second-order valence-corrected chi connectivity index (χ2v) is 14.0. The lowest BCUT2D eigenvalue weighted by molar-refractivity contribution is 0.483. The number of hydrogen-bond acceptors (Lipinski definition) is 2. The van der Waals surface area contributed by atoms with E-state index in [4.69, 9.17) is 9.72 Å². The quantitative estimate of drug-likeness (QED) is 0.166. The van der Waals surface area contributed by atoms with Gasteiger partial charge in [-0.2, -0.15) is 0 Å². The van der Waals surface area contributed by atoms with Crippen LogP contribution in [0.3, 0.4) is 0 Å². The second-order valence-electron chi connectivity index (χ2n) is 14.0. The average molecular weight is 661 g/mol. The highest BCUT2D eigenvalue weighted by Gasteiger charge is 2.36. The minimum Gasteiger partial charge on any atom is -0.457 e. The summed E-state index contributed by atoms with van der Waals surface area (Å²) in [5.74, 6) is 2.41. The van der Waals surface area contributed by atoms with E-state index in [-0.39, 0.29) is 5.41 Å². The van der Waals surface area contributed by atoms with Crippen molar-refractivity contribution < 1.29 is 4.74 Å². The van der Waals surface area contributed by atoms with Crippen LogP contribution in [0.15, 0.2) is 164 Å². The van der Waals surface area contributed by atoms with Gasteiger partial charge in [0.1, 0.15) is 17.3 Å². The van der Waals surface area contributed by atoms with E-state index in [2.05, 4.69) is 168 Å². The van der Waals surface area contributed by atoms with E-state index in [1.54, 1.807) is 0 Å². The molecule has 0 spiro atoms. The van der Waals surface area contributed by atoms with Gasteiger partial charge in [0, 0.05) is 47.3 Å². The van der Waals surface area contributed by atoms with Crippen LogP contribution in [0.4, 0.5) is 22.7 Å². The molecule has 0 fully saturated rings. The fraction of sp³-hybridized carbons (Fsp3) is 0.0870. The molecule has 3 heterocycles. The third-order valence-corrected chi connectivity index (χ3v) is 9.57. The van der Waals surface area contributed by atoms with Gasteiger partial charge in [-0.15, -0.1) is 0 Å². The lowest BCUT2D eigenvalue weighted by Gasteiger charge is -2.20. The van der Waals surface area contributed by atoms with Crippen LogP contribution in [0.2, 0.25) is 0 Å². The first-order valence-corrected chi connectivity index (χ1v) is 17.3. The molecular weight excluding hydrogens is 625 g/mol. The van der Waals surface area contributed by atoms with E-state index < -0.39 is 0 Å². The highest BCUT2D eigenvalue weighted by Crippen LogP contribution is 2.39. The molecule has 9 rings (SSSR count). The number of nitrogens with zero attached hydrogens (tertiary/aromatic N) is 4. The lowest BCUT2D eigenvalue weighted by Crippen LogP contribution is -2.12. The van der Waals surface area contributed by atoms with Gasteiger partial charge >= 0.3 is 6.01 Å². The van der Waals surface area contributed by atoms with E-state index >= 15 is 0 Å². The minimum atomic E-state index is -0.00102. The molecule has 0 aliphatic carbocycles. The molecule has 0 bridgehead atoms. The SMILES string of the molecule is CC(C)(C)c1ccnc(-n2c3ccc(Oc4cccc([N+]5=C=[N+](c6ccccc6)c6ccccc65)c4)cc3c3cc(-c4ccccc4)ccc32)c1. The number of hydrogen-bond donors (Lipinski definition) is 0. The van der Waals surface area contributed by atoms with Crippen molar-refractivity contribution >= 4 is 50.6 Å². The van der Waals surface area contributed by atoms with Crippen molar-refractivity contribution in [3.8, 4) is 28.4 Å². The summed E-state index contributed by atoms with van der Waals surface area (Å²) in [5.41, 5.74) is 9.93. The van der Waals surface area contributed by atoms with Crippen molar-refractivity contribution in [2.75, 3.05) is 0 Å². The number of fused-ring (bicyclic) bond motifs is 4. The third kappa shape index (κ3) is 5.51. The summed E-state index contributed by atoms with van der Waals surface area (Å²) in [4.78, 5) is 4.87. The van der Waals surface area contributed by atoms with Crippen molar-refractivity contribution in [3.05, 3.63) is 169 Å². The van der Waals surface area contributed by atoms with Crippen LogP contribution < -0.4 is 13.9 Å². The van der Waals surface area contributed by atoms with Gasteiger partial charge in [0.2, 0.25) is 11.4 Å². The predicted molar refractivity (Wildman–Crippen MR) is 210 cm³/mol. The average Bonchev–Trinajstić information content (AvgIpc) is 3.71. The van der Waals surface area contributed by atoms with E-state index in [0.717, 1.165) is 61.9 Å². The minimum absolute atomic E-state index is 0.00102. The molecule has 0 N–H and O–H groups in total. The molecule has 1 aliphatic heterocycles. The second kappa shape index (κ2) is 12.1. The van der Waals surface area contributed by atoms with Gasteiger partial charge in [0.15, 0.2) is 0 Å². The zero-order chi connectivity index (χ0) is 34.5. The predicted octanol–water partition coefficient (Wildman–Crippen LogP) is 11.8. The highest BCUT2D eigenvalue weighted by molar-refractivity contribution is 6.10. The van der Waals surface area contributed by atoms with Gasteiger partial charge in [0.05, 0.1) is 17.1 Å². The zero-order valence-corrected chi connectivity index (χ0v) is 28.8. The Morgan fingerprint density at radius 2 is 1.18 bits per heavy atom. The first-order valence-electron chi connectivity index (χ1n) is 17.3. The smallest absolute Gasteiger partial charge is 0.457 e. The maximum Gasteiger partial charge on any atom is 0.503 e. The molecule has 6 aromatic carbocycles. The molecule has 8 aromatic rings. The van der Waals surface area contributed by atoms with Gasteiger partial charge in [-0.05, 0) is 79.8 Å². The number of rotatable bonds is 6. The molecule has 0 unspecified atom stereocenters. The molecule has 0 saturated heterocycles. The Kier molecular flexibility index (Phi) is 7.24. The van der Waals surface area contributed by atoms with E-state index in [1.165, 1.54) is 16.7 Å². The third-order valence-electron chi connectivity index (χ3n) is 9.57. The summed E-state index contributed by atoms with van der Waals surface area (Å²) in [6.45, 7) is 6.71. The number of pyridine rings is 1. The Labute approximate surface area is 297 Å². The maximum absolute atomic E-state index is 6.64. The Morgan fingerprint density at radius 3 is 1.92 bits per heavy atom. The van der Waals surface area contributed by atoms with Crippen LogP contribution in [-0.4, -0.2) is 15.6 Å². The number of para-hydroxylation sites is 3. The number of benzene rings is 6. The Bertz CT molecular complexity index is 2680. The molecule has 2 aromatic heterocycles. The molecule has 1 aliphatic rings. The van der Waals surface area contributed by atoms with Crippen LogP contribution in [-0.2, 0) is 5.41 Å². The van der Waals surface area contributed by atoms with Crippen LogP contribution in [0.5, 0.6) is 11.5 Å². The molecule has 51 heavy (non-hydrogen) atoms. The monoisotopic (exact) mass is 660 g/mol. The largest absolute Gasteiger partial charge is 0.503 e. The van der Waals surface area contributed by atoms with Crippen LogP contribution in [0, 0.1) is 0 Å². The maximum atomic E-state index is 6.64. The molecule has 244 valence electrons. The Morgan fingerprint density at radius 1 is 0.549 bits per heavy atom. The molecule has 5 nitrogen and oxygen atoms in total. The lowest BCUT2D eigenvalue weighted by atomic mass is 9.88. The van der Waals surface area contributed by atoms with Gasteiger partial charge in [-0.1, -0.05) is 93.6 Å². The van der Waals surface area contributed by atoms with Crippen molar-refractivity contribution in [2.45, 2.75) is 26.2 Å². The van der Waals surface area contributed by atoms with Gasteiger partial charge < -0.3 is 4.74 Å². The van der Waals surface area contributed by atoms with Crippen LogP contribution in [0.1, 0.15) is 26.3 Å². The van der Waals surface area contributed by atoms with Gasteiger partial charge in [-0.3, -0.25) is 4.57 Å². The number of ether oxygens (including phenoxy) is 1. The number of aromatic nitrogens is 2. The molecule has 0 radical (unpaired) electrons. The normalized spacial score (nSPS) is 12.5. The first kappa shape index (κ1) is 30.5. The fourth-order valence-electron chi connectivity index (χ4n) is 6.97. The summed E-state index contributed by atoms with van der Waals surface area (Å²) < 4.78 is 13.1. The Hall–Kier alpha value is -6.55. The molecular formula is C46H36N4O+2. The van der Waals surface area contributed by atoms with Crippen molar-refractivity contribution in [1.82, 2.24) is 18.7 Å². The Balaban J connectivity index is 1.15. The van der Waals surface area contributed by atoms with E-state index in [1.807, 2.05) is 36.5 Å². The van der Waals surface area contributed by atoms with E-state index in [9.17, 15) is 0 Å². The summed E-state index contributed by atoms with van der Waals surface area (Å²) in [6, 6.07) is 58.4. The fourth-order valence-corrected chi connectivity index (χ4v) is 6.97. The summed E-state index contributed by atoms with van der Waals surface area (Å²) >= 11 is 0. The van der Waals surface area contributed by atoms with Crippen LogP contribution in [0.25, 0.3) is 38.8 Å². The summed E-state index contributed by atoms with van der Waals surface area (Å²) in [7, 11) is 0. The van der Waals surface area contributed by atoms with Crippen molar-refractivity contribution in [2.24, 2.45) is 0 Å². The zero-order valence-electron chi connectivity index (χ0n) is 28.8. The van der Waals surface area contributed by atoms with Crippen molar-refractivity contribution in [3.63, 3.8) is 0 Å². The standard InChI is InChI=1S/C46H36N4O/c1-46(2,3)34-25-26-47-45(28-34)50-41-23-21-33(32-13-6-4-7-14-32)27-39(41)40-30-38(22-24-42(40)50)51-37-18-12-17-36(29-37)49-31-48(35-15-8-5-9-16-35)43-19-10-11-20-44(43)49/h4-30H,1-3H3/q+2. The van der Waals surface area contributed by atoms with Gasteiger partial charge in [0.25, 0.3) is 11.4 Å². The molecule has 0 amide bonds.